The number of amides is 1. The van der Waals surface area contributed by atoms with Crippen LogP contribution >= 0.6 is 11.6 Å². The lowest BCUT2D eigenvalue weighted by Gasteiger charge is -2.22. The second-order valence-electron chi connectivity index (χ2n) is 5.81. The number of likely N-dealkylation sites (N-methyl/N-ethyl adjacent to an activating group) is 2. The fourth-order valence-corrected chi connectivity index (χ4v) is 3.52. The maximum atomic E-state index is 12.6. The molecule has 0 fully saturated rings. The van der Waals surface area contributed by atoms with Gasteiger partial charge in [-0.1, -0.05) is 23.7 Å². The Labute approximate surface area is 159 Å². The Morgan fingerprint density at radius 3 is 2.15 bits per heavy atom. The van der Waals surface area contributed by atoms with Crippen molar-refractivity contribution in [2.24, 2.45) is 0 Å². The van der Waals surface area contributed by atoms with Gasteiger partial charge in [-0.2, -0.15) is 4.31 Å². The van der Waals surface area contributed by atoms with E-state index in [1.54, 1.807) is 31.3 Å². The molecule has 0 spiro atoms. The predicted molar refractivity (Wildman–Crippen MR) is 101 cm³/mol. The molecular formula is C18H21ClN2O4S. The van der Waals surface area contributed by atoms with Crippen LogP contribution in [0, 0.1) is 0 Å². The number of nitrogens with zero attached hydrogens (tertiary/aromatic N) is 2. The number of methoxy groups -OCH3 is 1. The summed E-state index contributed by atoms with van der Waals surface area (Å²) in [7, 11) is 0.759. The summed E-state index contributed by atoms with van der Waals surface area (Å²) >= 11 is 5.85. The van der Waals surface area contributed by atoms with Crippen LogP contribution in [0.5, 0.6) is 5.75 Å². The van der Waals surface area contributed by atoms with E-state index in [4.69, 9.17) is 16.3 Å². The molecule has 0 aliphatic carbocycles. The van der Waals surface area contributed by atoms with E-state index in [1.807, 2.05) is 12.1 Å². The van der Waals surface area contributed by atoms with Gasteiger partial charge < -0.3 is 9.64 Å². The molecule has 6 nitrogen and oxygen atoms in total. The number of halogens is 1. The molecule has 0 aliphatic rings. The van der Waals surface area contributed by atoms with E-state index in [0.717, 1.165) is 9.87 Å². The maximum absolute atomic E-state index is 12.6. The van der Waals surface area contributed by atoms with Crippen molar-refractivity contribution < 1.29 is 17.9 Å². The van der Waals surface area contributed by atoms with Gasteiger partial charge in [0, 0.05) is 25.7 Å². The Bertz CT molecular complexity index is 852. The SMILES string of the molecule is COc1ccc(S(=O)(=O)N(C)CC(=O)N(C)Cc2ccc(Cl)cc2)cc1. The number of carbonyl (C=O) groups is 1. The standard InChI is InChI=1S/C18H21ClN2O4S/c1-20(12-14-4-6-15(19)7-5-14)18(22)13-21(2)26(23,24)17-10-8-16(25-3)9-11-17/h4-11H,12-13H2,1-3H3. The van der Waals surface area contributed by atoms with Gasteiger partial charge in [0.05, 0.1) is 18.6 Å². The molecule has 140 valence electrons. The molecule has 2 rings (SSSR count). The lowest BCUT2D eigenvalue weighted by Crippen LogP contribution is -2.39. The highest BCUT2D eigenvalue weighted by Gasteiger charge is 2.24. The molecule has 0 aromatic heterocycles. The lowest BCUT2D eigenvalue weighted by atomic mass is 10.2. The number of benzene rings is 2. The van der Waals surface area contributed by atoms with Gasteiger partial charge in [-0.3, -0.25) is 4.79 Å². The second kappa shape index (κ2) is 8.53. The van der Waals surface area contributed by atoms with Crippen molar-refractivity contribution in [2.75, 3.05) is 27.7 Å². The molecule has 2 aromatic carbocycles. The first-order valence-corrected chi connectivity index (χ1v) is 9.64. The first-order valence-electron chi connectivity index (χ1n) is 7.83. The zero-order chi connectivity index (χ0) is 19.3. The number of carbonyl (C=O) groups excluding carboxylic acids is 1. The number of sulfonamides is 1. The molecule has 0 saturated carbocycles. The van der Waals surface area contributed by atoms with Crippen molar-refractivity contribution in [2.45, 2.75) is 11.4 Å². The van der Waals surface area contributed by atoms with Crippen LogP contribution in [0.1, 0.15) is 5.56 Å². The molecular weight excluding hydrogens is 376 g/mol. The fourth-order valence-electron chi connectivity index (χ4n) is 2.28. The molecule has 0 radical (unpaired) electrons. The quantitative estimate of drug-likeness (QED) is 0.721. The Morgan fingerprint density at radius 2 is 1.62 bits per heavy atom. The number of hydrogen-bond donors (Lipinski definition) is 0. The van der Waals surface area contributed by atoms with Gasteiger partial charge in [0.15, 0.2) is 0 Å². The average molecular weight is 397 g/mol. The molecule has 8 heteroatoms. The van der Waals surface area contributed by atoms with Gasteiger partial charge in [-0.15, -0.1) is 0 Å². The third-order valence-electron chi connectivity index (χ3n) is 3.88. The first kappa shape index (κ1) is 20.2. The fraction of sp³-hybridized carbons (Fsp3) is 0.278. The summed E-state index contributed by atoms with van der Waals surface area (Å²) in [6, 6.07) is 13.2. The van der Waals surface area contributed by atoms with Crippen molar-refractivity contribution in [1.82, 2.24) is 9.21 Å². The highest BCUT2D eigenvalue weighted by molar-refractivity contribution is 7.89. The Morgan fingerprint density at radius 1 is 1.04 bits per heavy atom. The normalized spacial score (nSPS) is 11.4. The van der Waals surface area contributed by atoms with Gasteiger partial charge in [0.25, 0.3) is 0 Å². The summed E-state index contributed by atoms with van der Waals surface area (Å²) in [5, 5.41) is 0.619. The topological polar surface area (TPSA) is 66.9 Å². The molecule has 0 saturated heterocycles. The summed E-state index contributed by atoms with van der Waals surface area (Å²) in [5.74, 6) is 0.255. The monoisotopic (exact) mass is 396 g/mol. The zero-order valence-electron chi connectivity index (χ0n) is 14.8. The third-order valence-corrected chi connectivity index (χ3v) is 5.95. The predicted octanol–water partition coefficient (Wildman–Crippen LogP) is 2.63. The number of rotatable bonds is 7. The summed E-state index contributed by atoms with van der Waals surface area (Å²) < 4.78 is 31.2. The summed E-state index contributed by atoms with van der Waals surface area (Å²) in [4.78, 5) is 14.0. The van der Waals surface area contributed by atoms with E-state index in [2.05, 4.69) is 0 Å². The summed E-state index contributed by atoms with van der Waals surface area (Å²) in [6.07, 6.45) is 0. The molecule has 0 heterocycles. The minimum Gasteiger partial charge on any atom is -0.497 e. The summed E-state index contributed by atoms with van der Waals surface area (Å²) in [6.45, 7) is 0.116. The number of ether oxygens (including phenoxy) is 1. The maximum Gasteiger partial charge on any atom is 0.243 e. The van der Waals surface area contributed by atoms with Gasteiger partial charge in [0.2, 0.25) is 15.9 Å². The van der Waals surface area contributed by atoms with Crippen molar-refractivity contribution in [3.05, 3.63) is 59.1 Å². The second-order valence-corrected chi connectivity index (χ2v) is 8.29. The highest BCUT2D eigenvalue weighted by Crippen LogP contribution is 2.18. The lowest BCUT2D eigenvalue weighted by molar-refractivity contribution is -0.130. The van der Waals surface area contributed by atoms with E-state index in [9.17, 15) is 13.2 Å². The highest BCUT2D eigenvalue weighted by atomic mass is 35.5. The van der Waals surface area contributed by atoms with E-state index >= 15 is 0 Å². The van der Waals surface area contributed by atoms with Crippen LogP contribution in [0.2, 0.25) is 5.02 Å². The minimum atomic E-state index is -3.76. The van der Waals surface area contributed by atoms with Gasteiger partial charge in [-0.05, 0) is 42.0 Å². The molecule has 0 bridgehead atoms. The molecule has 0 unspecified atom stereocenters. The molecule has 0 aliphatic heterocycles. The Kier molecular flexibility index (Phi) is 6.63. The van der Waals surface area contributed by atoms with Crippen LogP contribution in [0.4, 0.5) is 0 Å². The Balaban J connectivity index is 2.03. The molecule has 0 atom stereocenters. The van der Waals surface area contributed by atoms with Crippen molar-refractivity contribution in [3.8, 4) is 5.75 Å². The van der Waals surface area contributed by atoms with Crippen LogP contribution in [-0.4, -0.2) is 51.3 Å². The average Bonchev–Trinajstić information content (AvgIpc) is 2.63. The van der Waals surface area contributed by atoms with Crippen LogP contribution in [-0.2, 0) is 21.4 Å². The van der Waals surface area contributed by atoms with Crippen LogP contribution < -0.4 is 4.74 Å². The van der Waals surface area contributed by atoms with E-state index in [-0.39, 0.29) is 17.3 Å². The van der Waals surface area contributed by atoms with E-state index in [0.29, 0.717) is 17.3 Å². The third kappa shape index (κ3) is 4.97. The Hall–Kier alpha value is -2.09. The molecule has 2 aromatic rings. The minimum absolute atomic E-state index is 0.106. The molecule has 26 heavy (non-hydrogen) atoms. The van der Waals surface area contributed by atoms with Crippen LogP contribution in [0.15, 0.2) is 53.4 Å². The largest absolute Gasteiger partial charge is 0.497 e. The van der Waals surface area contributed by atoms with Crippen molar-refractivity contribution in [3.63, 3.8) is 0 Å². The smallest absolute Gasteiger partial charge is 0.243 e. The van der Waals surface area contributed by atoms with E-state index in [1.165, 1.54) is 31.2 Å². The molecule has 0 N–H and O–H groups in total. The van der Waals surface area contributed by atoms with Gasteiger partial charge in [0.1, 0.15) is 5.75 Å². The molecule has 1 amide bonds. The number of hydrogen-bond acceptors (Lipinski definition) is 4. The summed E-state index contributed by atoms with van der Waals surface area (Å²) in [5.41, 5.74) is 0.908. The van der Waals surface area contributed by atoms with Crippen LogP contribution in [0.3, 0.4) is 0 Å². The van der Waals surface area contributed by atoms with E-state index < -0.39 is 10.0 Å². The van der Waals surface area contributed by atoms with Gasteiger partial charge in [-0.25, -0.2) is 8.42 Å². The first-order chi connectivity index (χ1) is 12.2. The van der Waals surface area contributed by atoms with Gasteiger partial charge >= 0.3 is 0 Å². The van der Waals surface area contributed by atoms with Crippen LogP contribution in [0.25, 0.3) is 0 Å². The van der Waals surface area contributed by atoms with Crippen molar-refractivity contribution in [1.29, 1.82) is 0 Å². The van der Waals surface area contributed by atoms with Crippen molar-refractivity contribution >= 4 is 27.5 Å². The zero-order valence-corrected chi connectivity index (χ0v) is 16.4.